The van der Waals surface area contributed by atoms with Gasteiger partial charge in [0.25, 0.3) is 0 Å². The molecule has 102 valence electrons. The van der Waals surface area contributed by atoms with Crippen molar-refractivity contribution in [2.75, 3.05) is 6.26 Å². The summed E-state index contributed by atoms with van der Waals surface area (Å²) in [4.78, 5) is 4.69. The van der Waals surface area contributed by atoms with E-state index in [4.69, 9.17) is 5.73 Å². The van der Waals surface area contributed by atoms with Crippen LogP contribution in [0.2, 0.25) is 0 Å². The summed E-state index contributed by atoms with van der Waals surface area (Å²) >= 11 is 1.60. The molecule has 2 N–H and O–H groups in total. The summed E-state index contributed by atoms with van der Waals surface area (Å²) < 4.78 is 22.7. The van der Waals surface area contributed by atoms with Gasteiger partial charge in [0.1, 0.15) is 0 Å². The van der Waals surface area contributed by atoms with Crippen LogP contribution in [0.5, 0.6) is 0 Å². The minimum absolute atomic E-state index is 0.171. The fourth-order valence-corrected chi connectivity index (χ4v) is 3.06. The minimum Gasteiger partial charge on any atom is -0.324 e. The van der Waals surface area contributed by atoms with E-state index < -0.39 is 9.84 Å². The largest absolute Gasteiger partial charge is 0.324 e. The van der Waals surface area contributed by atoms with Crippen molar-refractivity contribution in [3.8, 4) is 0 Å². The lowest BCUT2D eigenvalue weighted by molar-refractivity contribution is 0.601. The summed E-state index contributed by atoms with van der Waals surface area (Å²) in [5.74, 6) is 0. The van der Waals surface area contributed by atoms with Crippen molar-refractivity contribution in [3.05, 3.63) is 45.9 Å². The first-order valence-corrected chi connectivity index (χ1v) is 8.60. The summed E-state index contributed by atoms with van der Waals surface area (Å²) in [6.07, 6.45) is 1.85. The van der Waals surface area contributed by atoms with E-state index in [0.29, 0.717) is 11.3 Å². The quantitative estimate of drug-likeness (QED) is 0.937. The molecule has 4 nitrogen and oxygen atoms in total. The van der Waals surface area contributed by atoms with Crippen molar-refractivity contribution in [2.24, 2.45) is 5.73 Å². The zero-order chi connectivity index (χ0) is 14.0. The molecule has 0 amide bonds. The Morgan fingerprint density at radius 1 is 1.32 bits per heavy atom. The van der Waals surface area contributed by atoms with Gasteiger partial charge in [0.15, 0.2) is 9.84 Å². The number of hydrogen-bond acceptors (Lipinski definition) is 5. The molecule has 1 atom stereocenters. The average molecular weight is 296 g/mol. The zero-order valence-electron chi connectivity index (χ0n) is 10.8. The summed E-state index contributed by atoms with van der Waals surface area (Å²) in [5.41, 5.74) is 8.00. The highest BCUT2D eigenvalue weighted by Gasteiger charge is 2.11. The number of sulfone groups is 1. The van der Waals surface area contributed by atoms with Crippen LogP contribution in [0.15, 0.2) is 34.5 Å². The Labute approximate surface area is 117 Å². The lowest BCUT2D eigenvalue weighted by Gasteiger charge is -2.11. The molecule has 0 bridgehead atoms. The molecule has 0 spiro atoms. The van der Waals surface area contributed by atoms with E-state index >= 15 is 0 Å². The molecule has 2 rings (SSSR count). The summed E-state index contributed by atoms with van der Waals surface area (Å²) in [5, 5.41) is 3.02. The van der Waals surface area contributed by atoms with E-state index in [-0.39, 0.29) is 6.04 Å². The number of aromatic nitrogens is 1. The molecule has 0 saturated carbocycles. The van der Waals surface area contributed by atoms with Crippen LogP contribution in [0, 0.1) is 6.92 Å². The number of hydrogen-bond donors (Lipinski definition) is 1. The molecule has 6 heteroatoms. The van der Waals surface area contributed by atoms with Crippen molar-refractivity contribution < 1.29 is 8.42 Å². The molecule has 0 aliphatic rings. The predicted molar refractivity (Wildman–Crippen MR) is 77.0 cm³/mol. The molecule has 1 aromatic heterocycles. The Morgan fingerprint density at radius 3 is 2.42 bits per heavy atom. The van der Waals surface area contributed by atoms with Crippen molar-refractivity contribution in [1.29, 1.82) is 0 Å². The first-order chi connectivity index (χ1) is 8.86. The SMILES string of the molecule is Cc1nc(CC(N)c2ccc(S(C)(=O)=O)cc2)cs1. The van der Waals surface area contributed by atoms with Gasteiger partial charge >= 0.3 is 0 Å². The Hall–Kier alpha value is -1.24. The molecule has 0 aliphatic carbocycles. The fourth-order valence-electron chi connectivity index (χ4n) is 1.81. The van der Waals surface area contributed by atoms with E-state index in [2.05, 4.69) is 4.98 Å². The number of thiazole rings is 1. The Morgan fingerprint density at radius 2 is 1.95 bits per heavy atom. The van der Waals surface area contributed by atoms with Gasteiger partial charge in [-0.3, -0.25) is 0 Å². The lowest BCUT2D eigenvalue weighted by atomic mass is 10.0. The van der Waals surface area contributed by atoms with Gasteiger partial charge in [-0.25, -0.2) is 13.4 Å². The fraction of sp³-hybridized carbons (Fsp3) is 0.308. The maximum Gasteiger partial charge on any atom is 0.175 e. The van der Waals surface area contributed by atoms with Crippen LogP contribution >= 0.6 is 11.3 Å². The third-order valence-corrected chi connectivity index (χ3v) is 4.78. The van der Waals surface area contributed by atoms with Gasteiger partial charge < -0.3 is 5.73 Å². The Bertz CT molecular complexity index is 660. The Balaban J connectivity index is 2.14. The van der Waals surface area contributed by atoms with Gasteiger partial charge in [0, 0.05) is 24.1 Å². The predicted octanol–water partition coefficient (Wildman–Crippen LogP) is 2.10. The highest BCUT2D eigenvalue weighted by Crippen LogP contribution is 2.19. The number of nitrogens with zero attached hydrogens (tertiary/aromatic N) is 1. The third-order valence-electron chi connectivity index (χ3n) is 2.83. The molecular formula is C13H16N2O2S2. The zero-order valence-corrected chi connectivity index (χ0v) is 12.5. The number of nitrogens with two attached hydrogens (primary N) is 1. The maximum atomic E-state index is 11.4. The summed E-state index contributed by atoms with van der Waals surface area (Å²) in [6.45, 7) is 1.96. The highest BCUT2D eigenvalue weighted by molar-refractivity contribution is 7.90. The van der Waals surface area contributed by atoms with Gasteiger partial charge in [-0.05, 0) is 24.6 Å². The third kappa shape index (κ3) is 3.62. The average Bonchev–Trinajstić information content (AvgIpc) is 2.74. The van der Waals surface area contributed by atoms with E-state index in [1.807, 2.05) is 12.3 Å². The minimum atomic E-state index is -3.15. The second-order valence-electron chi connectivity index (χ2n) is 4.51. The lowest BCUT2D eigenvalue weighted by Crippen LogP contribution is -2.13. The van der Waals surface area contributed by atoms with Crippen LogP contribution in [0.25, 0.3) is 0 Å². The molecule has 1 heterocycles. The second-order valence-corrected chi connectivity index (χ2v) is 7.59. The molecule has 0 aliphatic heterocycles. The monoisotopic (exact) mass is 296 g/mol. The van der Waals surface area contributed by atoms with E-state index in [0.717, 1.165) is 16.3 Å². The second kappa shape index (κ2) is 5.40. The van der Waals surface area contributed by atoms with Crippen molar-refractivity contribution in [1.82, 2.24) is 4.98 Å². The normalized spacial score (nSPS) is 13.4. The van der Waals surface area contributed by atoms with E-state index in [9.17, 15) is 8.42 Å². The van der Waals surface area contributed by atoms with Crippen LogP contribution in [0.1, 0.15) is 22.3 Å². The van der Waals surface area contributed by atoms with Crippen molar-refractivity contribution in [2.45, 2.75) is 24.3 Å². The topological polar surface area (TPSA) is 73.0 Å². The highest BCUT2D eigenvalue weighted by atomic mass is 32.2. The molecule has 1 aromatic carbocycles. The molecular weight excluding hydrogens is 280 g/mol. The molecule has 0 fully saturated rings. The van der Waals surface area contributed by atoms with Crippen molar-refractivity contribution >= 4 is 21.2 Å². The van der Waals surface area contributed by atoms with E-state index in [1.54, 1.807) is 35.6 Å². The molecule has 1 unspecified atom stereocenters. The van der Waals surface area contributed by atoms with Gasteiger partial charge in [-0.2, -0.15) is 0 Å². The van der Waals surface area contributed by atoms with Crippen LogP contribution in [0.3, 0.4) is 0 Å². The van der Waals surface area contributed by atoms with Crippen LogP contribution in [0.4, 0.5) is 0 Å². The molecule has 19 heavy (non-hydrogen) atoms. The van der Waals surface area contributed by atoms with Gasteiger partial charge in [0.05, 0.1) is 15.6 Å². The Kier molecular flexibility index (Phi) is 4.03. The van der Waals surface area contributed by atoms with Crippen LogP contribution in [-0.2, 0) is 16.3 Å². The van der Waals surface area contributed by atoms with Crippen molar-refractivity contribution in [3.63, 3.8) is 0 Å². The van der Waals surface area contributed by atoms with Gasteiger partial charge in [-0.1, -0.05) is 12.1 Å². The van der Waals surface area contributed by atoms with Gasteiger partial charge in [0.2, 0.25) is 0 Å². The van der Waals surface area contributed by atoms with Gasteiger partial charge in [-0.15, -0.1) is 11.3 Å². The number of benzene rings is 1. The summed E-state index contributed by atoms with van der Waals surface area (Å²) in [6, 6.07) is 6.55. The smallest absolute Gasteiger partial charge is 0.175 e. The van der Waals surface area contributed by atoms with Crippen LogP contribution < -0.4 is 5.73 Å². The number of aryl methyl sites for hydroxylation is 1. The van der Waals surface area contributed by atoms with Crippen LogP contribution in [-0.4, -0.2) is 19.7 Å². The first kappa shape index (κ1) is 14.2. The maximum absolute atomic E-state index is 11.4. The standard InChI is InChI=1S/C13H16N2O2S2/c1-9-15-11(8-18-9)7-13(14)10-3-5-12(6-4-10)19(2,16)17/h3-6,8,13H,7,14H2,1-2H3. The van der Waals surface area contributed by atoms with E-state index in [1.165, 1.54) is 6.26 Å². The summed E-state index contributed by atoms with van der Waals surface area (Å²) in [7, 11) is -3.15. The first-order valence-electron chi connectivity index (χ1n) is 5.83. The number of rotatable bonds is 4. The molecule has 2 aromatic rings. The molecule has 0 radical (unpaired) electrons. The molecule has 0 saturated heterocycles.